The minimum atomic E-state index is -0.317. The average molecular weight is 355 g/mol. The summed E-state index contributed by atoms with van der Waals surface area (Å²) in [7, 11) is 0. The van der Waals surface area contributed by atoms with E-state index < -0.39 is 0 Å². The lowest BCUT2D eigenvalue weighted by Crippen LogP contribution is -2.35. The monoisotopic (exact) mass is 355 g/mol. The van der Waals surface area contributed by atoms with Gasteiger partial charge in [0.2, 0.25) is 5.91 Å². The molecule has 4 heterocycles. The number of likely N-dealkylation sites (tertiary alicyclic amines) is 1. The highest BCUT2D eigenvalue weighted by Crippen LogP contribution is 2.24. The molecule has 7 nitrogen and oxygen atoms in total. The van der Waals surface area contributed by atoms with Crippen LogP contribution in [-0.4, -0.2) is 43.2 Å². The molecule has 1 amide bonds. The van der Waals surface area contributed by atoms with Crippen molar-refractivity contribution in [2.24, 2.45) is 0 Å². The zero-order chi connectivity index (χ0) is 17.2. The molecule has 0 radical (unpaired) electrons. The fourth-order valence-corrected chi connectivity index (χ4v) is 3.70. The van der Waals surface area contributed by atoms with Crippen molar-refractivity contribution in [3.8, 4) is 16.4 Å². The van der Waals surface area contributed by atoms with Gasteiger partial charge >= 0.3 is 5.69 Å². The first-order valence-electron chi connectivity index (χ1n) is 8.16. The molecule has 1 saturated heterocycles. The van der Waals surface area contributed by atoms with E-state index in [1.807, 2.05) is 17.5 Å². The van der Waals surface area contributed by atoms with Gasteiger partial charge in [0, 0.05) is 25.5 Å². The van der Waals surface area contributed by atoms with Crippen molar-refractivity contribution in [1.29, 1.82) is 0 Å². The molecule has 0 atom stereocenters. The van der Waals surface area contributed by atoms with Crippen LogP contribution in [0.1, 0.15) is 12.8 Å². The summed E-state index contributed by atoms with van der Waals surface area (Å²) in [5.41, 5.74) is 0.366. The summed E-state index contributed by atoms with van der Waals surface area (Å²) in [5, 5.41) is 6.39. The lowest BCUT2D eigenvalue weighted by Gasteiger charge is -2.14. The first-order chi connectivity index (χ1) is 12.2. The van der Waals surface area contributed by atoms with Crippen molar-refractivity contribution >= 4 is 17.2 Å². The molecular weight excluding hydrogens is 338 g/mol. The molecule has 1 fully saturated rings. The van der Waals surface area contributed by atoms with E-state index in [9.17, 15) is 9.59 Å². The van der Waals surface area contributed by atoms with Crippen LogP contribution in [0.2, 0.25) is 0 Å². The standard InChI is InChI=1S/C17H17N5O2S/c23-15(20-9-1-2-10-20)12-21-17(24)22(13-5-7-18-8-6-13)16(19-21)14-4-3-11-25-14/h3-8,11H,1-2,9-10,12H2. The summed E-state index contributed by atoms with van der Waals surface area (Å²) in [6.45, 7) is 1.49. The van der Waals surface area contributed by atoms with Crippen molar-refractivity contribution in [3.05, 3.63) is 52.5 Å². The van der Waals surface area contributed by atoms with E-state index in [1.54, 1.807) is 29.4 Å². The van der Waals surface area contributed by atoms with Crippen LogP contribution in [0.4, 0.5) is 0 Å². The SMILES string of the molecule is O=C(Cn1nc(-c2cccs2)n(-c2ccncc2)c1=O)N1CCCC1. The van der Waals surface area contributed by atoms with Crippen molar-refractivity contribution in [3.63, 3.8) is 0 Å². The van der Waals surface area contributed by atoms with Crippen LogP contribution in [0, 0.1) is 0 Å². The Balaban J connectivity index is 1.76. The molecule has 3 aromatic heterocycles. The van der Waals surface area contributed by atoms with Crippen LogP contribution in [0.15, 0.2) is 46.8 Å². The summed E-state index contributed by atoms with van der Waals surface area (Å²) < 4.78 is 2.79. The maximum atomic E-state index is 12.9. The highest BCUT2D eigenvalue weighted by Gasteiger charge is 2.22. The molecule has 8 heteroatoms. The van der Waals surface area contributed by atoms with Gasteiger partial charge in [0.05, 0.1) is 10.6 Å². The lowest BCUT2D eigenvalue weighted by molar-refractivity contribution is -0.131. The molecule has 0 N–H and O–H groups in total. The van der Waals surface area contributed by atoms with Gasteiger partial charge in [0.25, 0.3) is 0 Å². The number of carbonyl (C=O) groups excluding carboxylic acids is 1. The van der Waals surface area contributed by atoms with Gasteiger partial charge in [-0.15, -0.1) is 16.4 Å². The normalized spacial score (nSPS) is 14.2. The zero-order valence-corrected chi connectivity index (χ0v) is 14.4. The van der Waals surface area contributed by atoms with Gasteiger partial charge < -0.3 is 4.90 Å². The van der Waals surface area contributed by atoms with Gasteiger partial charge in [0.15, 0.2) is 5.82 Å². The van der Waals surface area contributed by atoms with E-state index >= 15 is 0 Å². The van der Waals surface area contributed by atoms with E-state index in [4.69, 9.17) is 0 Å². The Labute approximate surface area is 148 Å². The van der Waals surface area contributed by atoms with Crippen LogP contribution in [0.3, 0.4) is 0 Å². The minimum absolute atomic E-state index is 0.0324. The lowest BCUT2D eigenvalue weighted by atomic mass is 10.3. The summed E-state index contributed by atoms with van der Waals surface area (Å²) in [6.07, 6.45) is 5.30. The van der Waals surface area contributed by atoms with Crippen molar-refractivity contribution in [1.82, 2.24) is 24.2 Å². The molecule has 0 aliphatic carbocycles. The van der Waals surface area contributed by atoms with Crippen LogP contribution < -0.4 is 5.69 Å². The number of amides is 1. The maximum Gasteiger partial charge on any atom is 0.351 e. The number of rotatable bonds is 4. The average Bonchev–Trinajstić information content (AvgIpc) is 3.38. The molecule has 4 rings (SSSR count). The molecule has 1 aliphatic heterocycles. The quantitative estimate of drug-likeness (QED) is 0.715. The number of thiophene rings is 1. The van der Waals surface area contributed by atoms with E-state index in [0.717, 1.165) is 30.8 Å². The van der Waals surface area contributed by atoms with Crippen molar-refractivity contribution in [2.45, 2.75) is 19.4 Å². The molecule has 128 valence electrons. The third kappa shape index (κ3) is 3.00. The molecule has 0 saturated carbocycles. The van der Waals surface area contributed by atoms with Crippen LogP contribution in [0.25, 0.3) is 16.4 Å². The number of aromatic nitrogens is 4. The Morgan fingerprint density at radius 3 is 2.60 bits per heavy atom. The van der Waals surface area contributed by atoms with E-state index in [0.29, 0.717) is 11.5 Å². The summed E-state index contributed by atoms with van der Waals surface area (Å²) in [6, 6.07) is 7.34. The molecule has 1 aliphatic rings. The fraction of sp³-hybridized carbons (Fsp3) is 0.294. The number of hydrogen-bond acceptors (Lipinski definition) is 5. The van der Waals surface area contributed by atoms with E-state index in [-0.39, 0.29) is 18.1 Å². The van der Waals surface area contributed by atoms with E-state index in [2.05, 4.69) is 10.1 Å². The van der Waals surface area contributed by atoms with Gasteiger partial charge in [-0.2, -0.15) is 0 Å². The van der Waals surface area contributed by atoms with Gasteiger partial charge in [-0.05, 0) is 36.4 Å². The second-order valence-corrected chi connectivity index (χ2v) is 6.82. The number of pyridine rings is 1. The Morgan fingerprint density at radius 2 is 1.92 bits per heavy atom. The summed E-state index contributed by atoms with van der Waals surface area (Å²) in [4.78, 5) is 32.0. The summed E-state index contributed by atoms with van der Waals surface area (Å²) in [5.74, 6) is 0.483. The molecule has 0 unspecified atom stereocenters. The predicted octanol–water partition coefficient (Wildman–Crippen LogP) is 1.78. The Kier molecular flexibility index (Phi) is 4.19. The fourth-order valence-electron chi connectivity index (χ4n) is 3.00. The Bertz CT molecular complexity index is 924. The number of nitrogens with zero attached hydrogens (tertiary/aromatic N) is 5. The molecule has 25 heavy (non-hydrogen) atoms. The van der Waals surface area contributed by atoms with Crippen LogP contribution in [0.5, 0.6) is 0 Å². The van der Waals surface area contributed by atoms with Gasteiger partial charge in [-0.1, -0.05) is 6.07 Å². The first-order valence-corrected chi connectivity index (χ1v) is 9.04. The van der Waals surface area contributed by atoms with Crippen molar-refractivity contribution < 1.29 is 4.79 Å². The molecule has 0 bridgehead atoms. The highest BCUT2D eigenvalue weighted by molar-refractivity contribution is 7.13. The van der Waals surface area contributed by atoms with Gasteiger partial charge in [-0.3, -0.25) is 9.78 Å². The Morgan fingerprint density at radius 1 is 1.16 bits per heavy atom. The topological polar surface area (TPSA) is 73.0 Å². The number of hydrogen-bond donors (Lipinski definition) is 0. The largest absolute Gasteiger partial charge is 0.351 e. The van der Waals surface area contributed by atoms with Crippen molar-refractivity contribution in [2.75, 3.05) is 13.1 Å². The van der Waals surface area contributed by atoms with Gasteiger partial charge in [-0.25, -0.2) is 14.0 Å². The Hall–Kier alpha value is -2.74. The van der Waals surface area contributed by atoms with Crippen LogP contribution in [-0.2, 0) is 11.3 Å². The third-order valence-corrected chi connectivity index (χ3v) is 5.11. The second-order valence-electron chi connectivity index (χ2n) is 5.87. The molecule has 3 aromatic rings. The maximum absolute atomic E-state index is 12.9. The molecular formula is C17H17N5O2S. The molecule has 0 aromatic carbocycles. The van der Waals surface area contributed by atoms with Gasteiger partial charge in [0.1, 0.15) is 6.54 Å². The second kappa shape index (κ2) is 6.64. The van der Waals surface area contributed by atoms with Crippen LogP contribution >= 0.6 is 11.3 Å². The first kappa shape index (κ1) is 15.8. The molecule has 0 spiro atoms. The smallest absolute Gasteiger partial charge is 0.341 e. The van der Waals surface area contributed by atoms with E-state index in [1.165, 1.54) is 20.6 Å². The zero-order valence-electron chi connectivity index (χ0n) is 13.5. The predicted molar refractivity (Wildman–Crippen MR) is 94.7 cm³/mol. The highest BCUT2D eigenvalue weighted by atomic mass is 32.1. The summed E-state index contributed by atoms with van der Waals surface area (Å²) >= 11 is 1.50. The number of carbonyl (C=O) groups is 1. The minimum Gasteiger partial charge on any atom is -0.341 e. The third-order valence-electron chi connectivity index (χ3n) is 4.25.